The zero-order valence-electron chi connectivity index (χ0n) is 24.3. The number of alkyl halides is 3. The van der Waals surface area contributed by atoms with E-state index in [0.717, 1.165) is 0 Å². The Hall–Kier alpha value is -4.38. The molecule has 5 N–H and O–H groups in total. The highest BCUT2D eigenvalue weighted by Crippen LogP contribution is 2.30. The van der Waals surface area contributed by atoms with E-state index in [0.29, 0.717) is 35.2 Å². The molecule has 17 heteroatoms. The molecule has 1 aromatic heterocycles. The van der Waals surface area contributed by atoms with Gasteiger partial charge in [-0.2, -0.15) is 13.2 Å². The molecule has 1 atom stereocenters. The van der Waals surface area contributed by atoms with Crippen LogP contribution in [0.3, 0.4) is 0 Å². The summed E-state index contributed by atoms with van der Waals surface area (Å²) in [6.45, 7) is 4.79. The number of β-amino-alcohol motifs (C(OH)–C–C–N with tert-alkyl or cyclic N) is 1. The Morgan fingerprint density at radius 3 is 2.30 bits per heavy atom. The highest BCUT2D eigenvalue weighted by Gasteiger charge is 2.38. The van der Waals surface area contributed by atoms with Crippen molar-refractivity contribution in [1.82, 2.24) is 14.9 Å². The number of aliphatic hydroxyl groups excluding tert-OH is 1. The van der Waals surface area contributed by atoms with E-state index >= 15 is 0 Å². The van der Waals surface area contributed by atoms with Crippen LogP contribution < -0.4 is 14.8 Å². The number of aliphatic carboxylic acids is 1. The van der Waals surface area contributed by atoms with Crippen LogP contribution in [-0.2, 0) is 21.4 Å². The second kappa shape index (κ2) is 14.8. The van der Waals surface area contributed by atoms with Crippen LogP contribution in [0.2, 0.25) is 5.02 Å². The molecule has 0 spiro atoms. The highest BCUT2D eigenvalue weighted by molar-refractivity contribution is 7.92. The summed E-state index contributed by atoms with van der Waals surface area (Å²) in [6.07, 6.45) is -5.11. The zero-order valence-corrected chi connectivity index (χ0v) is 25.9. The van der Waals surface area contributed by atoms with E-state index in [4.69, 9.17) is 31.3 Å². The second-order valence-corrected chi connectivity index (χ2v) is 12.5. The number of carboxylic acid groups (broad SMARTS) is 2. The molecule has 0 saturated heterocycles. The Balaban J connectivity index is 0.000000738. The maximum Gasteiger partial charge on any atom is 0.511 e. The van der Waals surface area contributed by atoms with Crippen molar-refractivity contribution in [3.63, 3.8) is 0 Å². The molecule has 0 unspecified atom stereocenters. The monoisotopic (exact) mass is 686 g/mol. The van der Waals surface area contributed by atoms with Gasteiger partial charge in [-0.3, -0.25) is 4.72 Å². The number of benzene rings is 3. The highest BCUT2D eigenvalue weighted by atomic mass is 35.5. The summed E-state index contributed by atoms with van der Waals surface area (Å²) in [4.78, 5) is 24.3. The molecule has 0 bridgehead atoms. The van der Waals surface area contributed by atoms with Gasteiger partial charge in [0.1, 0.15) is 0 Å². The Morgan fingerprint density at radius 2 is 1.70 bits per heavy atom. The molecule has 3 aromatic carbocycles. The lowest BCUT2D eigenvalue weighted by atomic mass is 9.99. The molecule has 0 aliphatic rings. The molecule has 0 fully saturated rings. The topological polar surface area (TPSA) is 180 Å². The molecule has 0 aliphatic heterocycles. The van der Waals surface area contributed by atoms with Crippen molar-refractivity contribution in [3.8, 4) is 5.75 Å². The van der Waals surface area contributed by atoms with Crippen LogP contribution in [0.4, 0.5) is 23.7 Å². The minimum absolute atomic E-state index is 0.0345. The molecule has 4 aromatic rings. The molecule has 0 saturated carbocycles. The lowest BCUT2D eigenvalue weighted by Crippen LogP contribution is -2.42. The maximum absolute atomic E-state index is 12.6. The van der Waals surface area contributed by atoms with E-state index in [9.17, 15) is 31.5 Å². The maximum atomic E-state index is 12.6. The van der Waals surface area contributed by atoms with Crippen LogP contribution in [0.5, 0.6) is 5.75 Å². The predicted octanol–water partition coefficient (Wildman–Crippen LogP) is 5.67. The number of ether oxygens (including phenoxy) is 1. The van der Waals surface area contributed by atoms with E-state index in [1.165, 1.54) is 12.1 Å². The van der Waals surface area contributed by atoms with E-state index in [1.807, 2.05) is 18.4 Å². The van der Waals surface area contributed by atoms with Crippen molar-refractivity contribution in [2.45, 2.75) is 49.5 Å². The second-order valence-electron chi connectivity index (χ2n) is 10.5. The molecular formula is C29H30ClF3N4O8S. The number of fused-ring (bicyclic) bond motifs is 1. The molecule has 1 heterocycles. The number of carboxylic acids is 1. The number of imidazole rings is 1. The number of nitrogens with zero attached hydrogens (tertiary/aromatic N) is 2. The van der Waals surface area contributed by atoms with E-state index < -0.39 is 40.0 Å². The van der Waals surface area contributed by atoms with Crippen LogP contribution in [0, 0.1) is 0 Å². The fraction of sp³-hybridized carbons (Fsp3) is 0.276. The third-order valence-electron chi connectivity index (χ3n) is 6.44. The summed E-state index contributed by atoms with van der Waals surface area (Å²) in [6, 6.07) is 17.8. The van der Waals surface area contributed by atoms with Crippen molar-refractivity contribution < 1.29 is 51.2 Å². The van der Waals surface area contributed by atoms with E-state index in [-0.39, 0.29) is 22.2 Å². The van der Waals surface area contributed by atoms with Crippen LogP contribution in [0.1, 0.15) is 31.9 Å². The molecule has 0 amide bonds. The van der Waals surface area contributed by atoms with Gasteiger partial charge in [0.15, 0.2) is 5.75 Å². The van der Waals surface area contributed by atoms with Gasteiger partial charge in [0, 0.05) is 30.4 Å². The number of halogens is 4. The molecule has 0 radical (unpaired) electrons. The SMILES string of the molecule is CC(C)(CCn1cnc2cc(Cl)c(OC(=O)O)cc21)NC[C@H](O)c1cccc(NS(=O)(=O)c2ccccc2)c1.O=C(O)C(F)(F)F. The first-order valence-corrected chi connectivity index (χ1v) is 15.2. The minimum Gasteiger partial charge on any atom is -0.475 e. The van der Waals surface area contributed by atoms with Crippen LogP contribution in [0.25, 0.3) is 11.0 Å². The normalized spacial score (nSPS) is 12.6. The number of carbonyl (C=O) groups is 2. The van der Waals surface area contributed by atoms with Crippen molar-refractivity contribution in [2.24, 2.45) is 0 Å². The number of nitrogens with one attached hydrogen (secondary N) is 2. The van der Waals surface area contributed by atoms with Crippen molar-refractivity contribution in [3.05, 3.63) is 83.6 Å². The van der Waals surface area contributed by atoms with Crippen LogP contribution in [-0.4, -0.2) is 63.7 Å². The smallest absolute Gasteiger partial charge is 0.475 e. The Bertz CT molecular complexity index is 1780. The Kier molecular flexibility index (Phi) is 11.6. The predicted molar refractivity (Wildman–Crippen MR) is 162 cm³/mol. The fourth-order valence-corrected chi connectivity index (χ4v) is 5.28. The summed E-state index contributed by atoms with van der Waals surface area (Å²) in [5.74, 6) is -2.72. The van der Waals surface area contributed by atoms with Gasteiger partial charge in [-0.25, -0.2) is 23.0 Å². The number of aromatic nitrogens is 2. The summed E-state index contributed by atoms with van der Waals surface area (Å²) in [7, 11) is -3.75. The zero-order chi connectivity index (χ0) is 34.3. The van der Waals surface area contributed by atoms with Crippen LogP contribution in [0.15, 0.2) is 78.0 Å². The number of hydrogen-bond acceptors (Lipinski definition) is 8. The first-order chi connectivity index (χ1) is 21.4. The van der Waals surface area contributed by atoms with Gasteiger partial charge in [0.2, 0.25) is 0 Å². The summed E-state index contributed by atoms with van der Waals surface area (Å²) in [5.41, 5.74) is 1.82. The molecule has 0 aliphatic carbocycles. The number of hydrogen-bond donors (Lipinski definition) is 5. The lowest BCUT2D eigenvalue weighted by molar-refractivity contribution is -0.192. The summed E-state index contributed by atoms with van der Waals surface area (Å²) < 4.78 is 66.2. The minimum atomic E-state index is -5.08. The third kappa shape index (κ3) is 10.3. The van der Waals surface area contributed by atoms with Gasteiger partial charge in [-0.1, -0.05) is 41.9 Å². The van der Waals surface area contributed by atoms with E-state index in [1.54, 1.807) is 60.9 Å². The number of aliphatic hydroxyl groups is 1. The first kappa shape index (κ1) is 36.1. The molecule has 4 rings (SSSR count). The summed E-state index contributed by atoms with van der Waals surface area (Å²) >= 11 is 6.09. The standard InChI is InChI=1S/C27H29ClN4O6S.C2HF3O2/c1-27(2,11-12-32-17-29-22-14-21(28)25(15-23(22)32)38-26(34)35)30-16-24(33)18-7-6-8-19(13-18)31-39(36,37)20-9-4-3-5-10-20;3-2(4,5)1(6)7/h3-10,13-15,17,24,30-31,33H,11-12,16H2,1-2H3,(H,34,35);(H,6,7)/t24-;/m0./s1. The average Bonchev–Trinajstić information content (AvgIpc) is 3.36. The molecule has 46 heavy (non-hydrogen) atoms. The molecular weight excluding hydrogens is 657 g/mol. The molecule has 12 nitrogen and oxygen atoms in total. The first-order valence-electron chi connectivity index (χ1n) is 13.3. The van der Waals surface area contributed by atoms with Crippen LogP contribution >= 0.6 is 11.6 Å². The van der Waals surface area contributed by atoms with Gasteiger partial charge in [0.25, 0.3) is 10.0 Å². The third-order valence-corrected chi connectivity index (χ3v) is 8.14. The number of anilines is 1. The average molecular weight is 687 g/mol. The quantitative estimate of drug-likeness (QED) is 0.0974. The van der Waals surface area contributed by atoms with Crippen molar-refractivity contribution >= 4 is 50.5 Å². The van der Waals surface area contributed by atoms with Gasteiger partial charge < -0.3 is 29.9 Å². The largest absolute Gasteiger partial charge is 0.511 e. The van der Waals surface area contributed by atoms with Gasteiger partial charge >= 0.3 is 18.3 Å². The van der Waals surface area contributed by atoms with Crippen molar-refractivity contribution in [1.29, 1.82) is 0 Å². The van der Waals surface area contributed by atoms with Gasteiger partial charge in [0.05, 0.1) is 33.4 Å². The number of sulfonamides is 1. The van der Waals surface area contributed by atoms with Gasteiger partial charge in [-0.15, -0.1) is 0 Å². The fourth-order valence-electron chi connectivity index (χ4n) is 4.01. The number of rotatable bonds is 11. The molecule has 248 valence electrons. The Morgan fingerprint density at radius 1 is 1.04 bits per heavy atom. The lowest BCUT2D eigenvalue weighted by Gasteiger charge is -2.28. The van der Waals surface area contributed by atoms with E-state index in [2.05, 4.69) is 15.0 Å². The number of aryl methyl sites for hydroxylation is 1. The summed E-state index contributed by atoms with van der Waals surface area (Å²) in [5, 5.41) is 30.4. The van der Waals surface area contributed by atoms with Gasteiger partial charge in [-0.05, 0) is 56.2 Å². The Labute approximate surface area is 266 Å². The van der Waals surface area contributed by atoms with Crippen molar-refractivity contribution in [2.75, 3.05) is 11.3 Å².